The Bertz CT molecular complexity index is 326. The summed E-state index contributed by atoms with van der Waals surface area (Å²) in [6, 6.07) is 2.87. The van der Waals surface area contributed by atoms with Gasteiger partial charge in [-0.2, -0.15) is 0 Å². The van der Waals surface area contributed by atoms with E-state index >= 15 is 0 Å². The Balaban J connectivity index is 2.96. The van der Waals surface area contributed by atoms with E-state index in [1.54, 1.807) is 0 Å². The van der Waals surface area contributed by atoms with Crippen molar-refractivity contribution in [3.63, 3.8) is 0 Å². The summed E-state index contributed by atoms with van der Waals surface area (Å²) >= 11 is 2.91. The Morgan fingerprint density at radius 1 is 1.54 bits per heavy atom. The summed E-state index contributed by atoms with van der Waals surface area (Å²) in [5, 5.41) is 9.09. The summed E-state index contributed by atoms with van der Waals surface area (Å²) in [6.45, 7) is 0. The van der Waals surface area contributed by atoms with Crippen molar-refractivity contribution in [1.29, 1.82) is 0 Å². The number of carbonyl (C=O) groups excluding carboxylic acids is 1. The molecule has 0 amide bonds. The third kappa shape index (κ3) is 2.28. The standard InChI is InChI=1S/C9H8BrFO2/c10-8-7(13)4-3-6(9(8)11)2-1-5-12/h3-5,13H,1-2H2. The summed E-state index contributed by atoms with van der Waals surface area (Å²) in [7, 11) is 0. The monoisotopic (exact) mass is 246 g/mol. The van der Waals surface area contributed by atoms with Crippen LogP contribution in [-0.2, 0) is 11.2 Å². The molecule has 13 heavy (non-hydrogen) atoms. The van der Waals surface area contributed by atoms with Gasteiger partial charge in [-0.3, -0.25) is 0 Å². The third-order valence-electron chi connectivity index (χ3n) is 1.67. The van der Waals surface area contributed by atoms with Crippen molar-refractivity contribution >= 4 is 22.2 Å². The molecule has 0 spiro atoms. The van der Waals surface area contributed by atoms with Gasteiger partial charge in [-0.25, -0.2) is 4.39 Å². The molecule has 0 saturated carbocycles. The van der Waals surface area contributed by atoms with Crippen LogP contribution in [0.4, 0.5) is 4.39 Å². The van der Waals surface area contributed by atoms with Crippen LogP contribution in [0.15, 0.2) is 16.6 Å². The number of carbonyl (C=O) groups is 1. The molecule has 1 aromatic rings. The van der Waals surface area contributed by atoms with Gasteiger partial charge < -0.3 is 9.90 Å². The van der Waals surface area contributed by atoms with E-state index in [1.165, 1.54) is 12.1 Å². The molecule has 1 rings (SSSR count). The first-order valence-electron chi connectivity index (χ1n) is 3.76. The van der Waals surface area contributed by atoms with E-state index in [1.807, 2.05) is 0 Å². The maximum Gasteiger partial charge on any atom is 0.144 e. The number of phenolic OH excluding ortho intramolecular Hbond substituents is 1. The quantitative estimate of drug-likeness (QED) is 0.833. The van der Waals surface area contributed by atoms with E-state index in [9.17, 15) is 9.18 Å². The summed E-state index contributed by atoms with van der Waals surface area (Å²) in [5.74, 6) is -0.630. The van der Waals surface area contributed by atoms with Gasteiger partial charge >= 0.3 is 0 Å². The van der Waals surface area contributed by atoms with Gasteiger partial charge in [0.2, 0.25) is 0 Å². The molecule has 0 aromatic heterocycles. The highest BCUT2D eigenvalue weighted by Gasteiger charge is 2.09. The highest BCUT2D eigenvalue weighted by atomic mass is 79.9. The lowest BCUT2D eigenvalue weighted by Gasteiger charge is -2.03. The highest BCUT2D eigenvalue weighted by Crippen LogP contribution is 2.28. The second kappa shape index (κ2) is 4.37. The smallest absolute Gasteiger partial charge is 0.144 e. The van der Waals surface area contributed by atoms with Crippen molar-refractivity contribution in [1.82, 2.24) is 0 Å². The Morgan fingerprint density at radius 2 is 2.23 bits per heavy atom. The Morgan fingerprint density at radius 3 is 2.85 bits per heavy atom. The number of rotatable bonds is 3. The zero-order chi connectivity index (χ0) is 9.84. The zero-order valence-corrected chi connectivity index (χ0v) is 8.34. The summed E-state index contributed by atoms with van der Waals surface area (Å²) < 4.78 is 13.3. The molecule has 0 fully saturated rings. The summed E-state index contributed by atoms with van der Waals surface area (Å²) in [5.41, 5.74) is 0.428. The minimum atomic E-state index is -0.498. The topological polar surface area (TPSA) is 37.3 Å². The van der Waals surface area contributed by atoms with E-state index in [0.717, 1.165) is 6.29 Å². The molecule has 0 radical (unpaired) electrons. The number of aromatic hydroxyl groups is 1. The van der Waals surface area contributed by atoms with E-state index in [2.05, 4.69) is 15.9 Å². The first-order valence-corrected chi connectivity index (χ1v) is 4.55. The highest BCUT2D eigenvalue weighted by molar-refractivity contribution is 9.10. The molecule has 1 aromatic carbocycles. The maximum absolute atomic E-state index is 13.3. The number of halogens is 2. The molecular formula is C9H8BrFO2. The fourth-order valence-electron chi connectivity index (χ4n) is 0.987. The first-order chi connectivity index (χ1) is 6.16. The van der Waals surface area contributed by atoms with Gasteiger partial charge in [-0.1, -0.05) is 6.07 Å². The normalized spacial score (nSPS) is 10.0. The molecule has 0 aliphatic rings. The second-order valence-corrected chi connectivity index (χ2v) is 3.37. The van der Waals surface area contributed by atoms with Crippen LogP contribution in [0.5, 0.6) is 5.75 Å². The number of aldehydes is 1. The zero-order valence-electron chi connectivity index (χ0n) is 6.76. The molecule has 0 bridgehead atoms. The molecule has 1 N–H and O–H groups in total. The fourth-order valence-corrected chi connectivity index (χ4v) is 1.37. The molecule has 0 aliphatic heterocycles. The van der Waals surface area contributed by atoms with Crippen LogP contribution in [-0.4, -0.2) is 11.4 Å². The first kappa shape index (κ1) is 10.2. The van der Waals surface area contributed by atoms with Gasteiger partial charge in [-0.15, -0.1) is 0 Å². The average molecular weight is 247 g/mol. The summed E-state index contributed by atoms with van der Waals surface area (Å²) in [4.78, 5) is 10.1. The van der Waals surface area contributed by atoms with E-state index in [0.29, 0.717) is 12.0 Å². The van der Waals surface area contributed by atoms with Crippen LogP contribution in [0.1, 0.15) is 12.0 Å². The Kier molecular flexibility index (Phi) is 3.42. The van der Waals surface area contributed by atoms with Crippen molar-refractivity contribution in [3.8, 4) is 5.75 Å². The average Bonchev–Trinajstić information content (AvgIpc) is 2.13. The van der Waals surface area contributed by atoms with E-state index in [4.69, 9.17) is 5.11 Å². The van der Waals surface area contributed by atoms with Crippen LogP contribution in [0.25, 0.3) is 0 Å². The van der Waals surface area contributed by atoms with Crippen LogP contribution in [0, 0.1) is 5.82 Å². The lowest BCUT2D eigenvalue weighted by molar-refractivity contribution is -0.107. The lowest BCUT2D eigenvalue weighted by Crippen LogP contribution is -1.92. The molecule has 70 valence electrons. The maximum atomic E-state index is 13.3. The molecule has 2 nitrogen and oxygen atoms in total. The Hall–Kier alpha value is -0.900. The van der Waals surface area contributed by atoms with Crippen LogP contribution < -0.4 is 0 Å². The van der Waals surface area contributed by atoms with Gasteiger partial charge in [0, 0.05) is 6.42 Å². The number of phenols is 1. The van der Waals surface area contributed by atoms with Crippen LogP contribution in [0.2, 0.25) is 0 Å². The Labute approximate surface area is 83.5 Å². The second-order valence-electron chi connectivity index (χ2n) is 2.58. The predicted molar refractivity (Wildman–Crippen MR) is 50.1 cm³/mol. The van der Waals surface area contributed by atoms with Crippen LogP contribution >= 0.6 is 15.9 Å². The van der Waals surface area contributed by atoms with Gasteiger partial charge in [0.1, 0.15) is 17.9 Å². The number of hydrogen-bond acceptors (Lipinski definition) is 2. The molecule has 0 saturated heterocycles. The van der Waals surface area contributed by atoms with Gasteiger partial charge in [-0.05, 0) is 34.0 Å². The van der Waals surface area contributed by atoms with Crippen molar-refractivity contribution in [3.05, 3.63) is 28.0 Å². The minimum absolute atomic E-state index is 0.0518. The van der Waals surface area contributed by atoms with E-state index < -0.39 is 5.82 Å². The van der Waals surface area contributed by atoms with Crippen molar-refractivity contribution in [2.24, 2.45) is 0 Å². The largest absolute Gasteiger partial charge is 0.507 e. The van der Waals surface area contributed by atoms with Crippen LogP contribution in [0.3, 0.4) is 0 Å². The third-order valence-corrected chi connectivity index (χ3v) is 2.43. The van der Waals surface area contributed by atoms with E-state index in [-0.39, 0.29) is 16.6 Å². The SMILES string of the molecule is O=CCCc1ccc(O)c(Br)c1F. The summed E-state index contributed by atoms with van der Waals surface area (Å²) in [6.07, 6.45) is 1.38. The van der Waals surface area contributed by atoms with Crippen molar-refractivity contribution in [2.45, 2.75) is 12.8 Å². The molecular weight excluding hydrogens is 239 g/mol. The molecule has 0 unspecified atom stereocenters. The number of hydrogen-bond donors (Lipinski definition) is 1. The van der Waals surface area contributed by atoms with Crippen molar-refractivity contribution in [2.75, 3.05) is 0 Å². The predicted octanol–water partition coefficient (Wildman–Crippen LogP) is 2.43. The van der Waals surface area contributed by atoms with Gasteiger partial charge in [0.25, 0.3) is 0 Å². The van der Waals surface area contributed by atoms with Crippen molar-refractivity contribution < 1.29 is 14.3 Å². The fraction of sp³-hybridized carbons (Fsp3) is 0.222. The molecule has 4 heteroatoms. The lowest BCUT2D eigenvalue weighted by atomic mass is 10.1. The van der Waals surface area contributed by atoms with Gasteiger partial charge in [0.15, 0.2) is 0 Å². The molecule has 0 heterocycles. The van der Waals surface area contributed by atoms with Gasteiger partial charge in [0.05, 0.1) is 4.47 Å². The number of benzene rings is 1. The molecule has 0 atom stereocenters. The number of aryl methyl sites for hydroxylation is 1. The molecule has 0 aliphatic carbocycles. The minimum Gasteiger partial charge on any atom is -0.507 e.